The topological polar surface area (TPSA) is 22.1 Å². The molecule has 0 saturated carbocycles. The van der Waals surface area contributed by atoms with Gasteiger partial charge in [-0.15, -0.1) is 0 Å². The molecule has 2 nitrogen and oxygen atoms in total. The lowest BCUT2D eigenvalue weighted by molar-refractivity contribution is 0.301. The lowest BCUT2D eigenvalue weighted by atomic mass is 10.3. The molecule has 18 heavy (non-hydrogen) atoms. The molecule has 0 saturated heterocycles. The van der Waals surface area contributed by atoms with Gasteiger partial charge >= 0.3 is 0 Å². The van der Waals surface area contributed by atoms with E-state index in [2.05, 4.69) is 68.7 Å². The van der Waals surface area contributed by atoms with E-state index in [4.69, 9.17) is 4.74 Å². The molecule has 94 valence electrons. The Hall–Kier alpha value is 0.0900. The Balaban J connectivity index is 2.16. The van der Waals surface area contributed by atoms with Crippen LogP contribution in [-0.2, 0) is 6.61 Å². The van der Waals surface area contributed by atoms with Gasteiger partial charge in [0.05, 0.1) is 8.95 Å². The maximum atomic E-state index is 5.79. The number of rotatable bonds is 3. The van der Waals surface area contributed by atoms with E-state index in [1.807, 2.05) is 18.2 Å². The second-order valence-electron chi connectivity index (χ2n) is 3.50. The minimum atomic E-state index is 0.464. The molecule has 0 fully saturated rings. The smallest absolute Gasteiger partial charge is 0.148 e. The summed E-state index contributed by atoms with van der Waals surface area (Å²) in [5.74, 6) is 0.776. The van der Waals surface area contributed by atoms with Crippen molar-refractivity contribution in [2.45, 2.75) is 6.61 Å². The summed E-state index contributed by atoms with van der Waals surface area (Å²) in [6.07, 6.45) is 3.53. The van der Waals surface area contributed by atoms with Crippen LogP contribution in [0.5, 0.6) is 5.75 Å². The molecule has 0 amide bonds. The normalized spacial score (nSPS) is 10.4. The SMILES string of the molecule is Brc1cncc(COc2c(Br)cc(Br)cc2Br)c1. The van der Waals surface area contributed by atoms with Crippen molar-refractivity contribution in [2.75, 3.05) is 0 Å². The zero-order valence-electron chi connectivity index (χ0n) is 8.96. The molecule has 0 aliphatic carbocycles. The first-order valence-electron chi connectivity index (χ1n) is 4.93. The molecule has 0 radical (unpaired) electrons. The van der Waals surface area contributed by atoms with E-state index >= 15 is 0 Å². The fourth-order valence-corrected chi connectivity index (χ4v) is 4.26. The van der Waals surface area contributed by atoms with Crippen LogP contribution in [0.3, 0.4) is 0 Å². The quantitative estimate of drug-likeness (QED) is 0.538. The van der Waals surface area contributed by atoms with Gasteiger partial charge in [0.2, 0.25) is 0 Å². The Labute approximate surface area is 139 Å². The van der Waals surface area contributed by atoms with Gasteiger partial charge in [-0.2, -0.15) is 0 Å². The number of pyridine rings is 1. The number of hydrogen-bond donors (Lipinski definition) is 0. The van der Waals surface area contributed by atoms with Crippen LogP contribution in [0, 0.1) is 0 Å². The first-order valence-corrected chi connectivity index (χ1v) is 8.10. The van der Waals surface area contributed by atoms with Gasteiger partial charge in [-0.25, -0.2) is 0 Å². The Morgan fingerprint density at radius 3 is 2.17 bits per heavy atom. The third kappa shape index (κ3) is 3.79. The minimum absolute atomic E-state index is 0.464. The summed E-state index contributed by atoms with van der Waals surface area (Å²) in [5.41, 5.74) is 1.01. The van der Waals surface area contributed by atoms with E-state index in [1.165, 1.54) is 0 Å². The number of ether oxygens (including phenoxy) is 1. The molecule has 0 aliphatic rings. The number of nitrogens with zero attached hydrogens (tertiary/aromatic N) is 1. The molecule has 1 heterocycles. The highest BCUT2D eigenvalue weighted by Gasteiger charge is 2.08. The van der Waals surface area contributed by atoms with Crippen LogP contribution in [0.4, 0.5) is 0 Å². The van der Waals surface area contributed by atoms with Gasteiger partial charge in [-0.3, -0.25) is 4.98 Å². The molecule has 0 atom stereocenters. The molecule has 1 aromatic carbocycles. The monoisotopic (exact) mass is 497 g/mol. The zero-order chi connectivity index (χ0) is 13.1. The predicted molar refractivity (Wildman–Crippen MR) is 85.8 cm³/mol. The summed E-state index contributed by atoms with van der Waals surface area (Å²) in [4.78, 5) is 4.10. The molecular weight excluding hydrogens is 494 g/mol. The van der Waals surface area contributed by atoms with Crippen molar-refractivity contribution < 1.29 is 4.74 Å². The second kappa shape index (κ2) is 6.50. The number of halogens is 4. The molecule has 0 spiro atoms. The van der Waals surface area contributed by atoms with E-state index in [9.17, 15) is 0 Å². The molecule has 0 aliphatic heterocycles. The van der Waals surface area contributed by atoms with Crippen molar-refractivity contribution in [1.29, 1.82) is 0 Å². The molecule has 6 heteroatoms. The van der Waals surface area contributed by atoms with Crippen molar-refractivity contribution in [3.8, 4) is 5.75 Å². The van der Waals surface area contributed by atoms with E-state index in [1.54, 1.807) is 12.4 Å². The van der Waals surface area contributed by atoms with Gasteiger partial charge in [-0.05, 0) is 66.0 Å². The lowest BCUT2D eigenvalue weighted by Gasteiger charge is -2.10. The maximum Gasteiger partial charge on any atom is 0.148 e. The van der Waals surface area contributed by atoms with Crippen molar-refractivity contribution in [3.63, 3.8) is 0 Å². The summed E-state index contributed by atoms with van der Waals surface area (Å²) < 4.78 is 9.50. The molecule has 2 aromatic rings. The van der Waals surface area contributed by atoms with Crippen LogP contribution in [0.1, 0.15) is 5.56 Å². The Bertz CT molecular complexity index is 551. The fraction of sp³-hybridized carbons (Fsp3) is 0.0833. The van der Waals surface area contributed by atoms with Crippen LogP contribution in [0.2, 0.25) is 0 Å². The Kier molecular flexibility index (Phi) is 5.24. The third-order valence-electron chi connectivity index (χ3n) is 2.11. The molecule has 1 aromatic heterocycles. The second-order valence-corrected chi connectivity index (χ2v) is 7.04. The van der Waals surface area contributed by atoms with E-state index < -0.39 is 0 Å². The van der Waals surface area contributed by atoms with Crippen LogP contribution in [0.15, 0.2) is 48.5 Å². The summed E-state index contributed by atoms with van der Waals surface area (Å²) in [5, 5.41) is 0. The van der Waals surface area contributed by atoms with E-state index in [-0.39, 0.29) is 0 Å². The van der Waals surface area contributed by atoms with Crippen LogP contribution < -0.4 is 4.74 Å². The first kappa shape index (κ1) is 14.5. The average Bonchev–Trinajstić information content (AvgIpc) is 2.27. The highest BCUT2D eigenvalue weighted by atomic mass is 79.9. The summed E-state index contributed by atoms with van der Waals surface area (Å²) in [6.45, 7) is 0.464. The largest absolute Gasteiger partial charge is 0.486 e. The minimum Gasteiger partial charge on any atom is -0.486 e. The van der Waals surface area contributed by atoms with Crippen LogP contribution in [0.25, 0.3) is 0 Å². The first-order chi connectivity index (χ1) is 8.56. The predicted octanol–water partition coefficient (Wildman–Crippen LogP) is 5.71. The third-order valence-corrected chi connectivity index (χ3v) is 4.18. The number of aromatic nitrogens is 1. The van der Waals surface area contributed by atoms with Gasteiger partial charge in [-0.1, -0.05) is 15.9 Å². The van der Waals surface area contributed by atoms with E-state index in [0.29, 0.717) is 6.61 Å². The fourth-order valence-electron chi connectivity index (χ4n) is 1.36. The standard InChI is InChI=1S/C12H7Br4NO/c13-8-2-10(15)12(11(16)3-8)18-6-7-1-9(14)5-17-4-7/h1-5H,6H2. The van der Waals surface area contributed by atoms with Crippen molar-refractivity contribution >= 4 is 63.7 Å². The van der Waals surface area contributed by atoms with Gasteiger partial charge in [0, 0.05) is 26.9 Å². The molecule has 2 rings (SSSR count). The zero-order valence-corrected chi connectivity index (χ0v) is 15.3. The van der Waals surface area contributed by atoms with Crippen molar-refractivity contribution in [1.82, 2.24) is 4.98 Å². The van der Waals surface area contributed by atoms with Crippen LogP contribution in [-0.4, -0.2) is 4.98 Å². The van der Waals surface area contributed by atoms with Crippen molar-refractivity contribution in [2.24, 2.45) is 0 Å². The summed E-state index contributed by atoms with van der Waals surface area (Å²) in [6, 6.07) is 5.87. The van der Waals surface area contributed by atoms with Gasteiger partial charge in [0.1, 0.15) is 12.4 Å². The Morgan fingerprint density at radius 2 is 1.56 bits per heavy atom. The molecule has 0 bridgehead atoms. The highest BCUT2D eigenvalue weighted by molar-refractivity contribution is 9.11. The molecule has 0 N–H and O–H groups in total. The van der Waals surface area contributed by atoms with Gasteiger partial charge < -0.3 is 4.74 Å². The van der Waals surface area contributed by atoms with Gasteiger partial charge in [0.25, 0.3) is 0 Å². The highest BCUT2D eigenvalue weighted by Crippen LogP contribution is 2.36. The number of hydrogen-bond acceptors (Lipinski definition) is 2. The lowest BCUT2D eigenvalue weighted by Crippen LogP contribution is -1.97. The van der Waals surface area contributed by atoms with Gasteiger partial charge in [0.15, 0.2) is 0 Å². The molecular formula is C12H7Br4NO. The summed E-state index contributed by atoms with van der Waals surface area (Å²) in [7, 11) is 0. The summed E-state index contributed by atoms with van der Waals surface area (Å²) >= 11 is 13.8. The average molecular weight is 501 g/mol. The maximum absolute atomic E-state index is 5.79. The number of benzene rings is 1. The van der Waals surface area contributed by atoms with Crippen molar-refractivity contribution in [3.05, 3.63) is 54.0 Å². The Morgan fingerprint density at radius 1 is 0.889 bits per heavy atom. The van der Waals surface area contributed by atoms with E-state index in [0.717, 1.165) is 29.2 Å². The molecule has 0 unspecified atom stereocenters. The van der Waals surface area contributed by atoms with Crippen LogP contribution >= 0.6 is 63.7 Å².